The molecule has 1 aliphatic heterocycles. The van der Waals surface area contributed by atoms with E-state index in [1.165, 1.54) is 0 Å². The van der Waals surface area contributed by atoms with E-state index >= 15 is 0 Å². The van der Waals surface area contributed by atoms with Crippen molar-refractivity contribution in [3.05, 3.63) is 95.1 Å². The van der Waals surface area contributed by atoms with E-state index in [1.54, 1.807) is 47.4 Å². The van der Waals surface area contributed by atoms with Gasteiger partial charge in [0.25, 0.3) is 0 Å². The lowest BCUT2D eigenvalue weighted by molar-refractivity contribution is -0.134. The molecule has 0 aromatic heterocycles. The van der Waals surface area contributed by atoms with Crippen molar-refractivity contribution in [2.45, 2.75) is 45.4 Å². The maximum Gasteiger partial charge on any atom is 0.335 e. The summed E-state index contributed by atoms with van der Waals surface area (Å²) in [5, 5.41) is 22.0. The summed E-state index contributed by atoms with van der Waals surface area (Å²) in [6.45, 7) is 5.26. The molecule has 0 saturated heterocycles. The van der Waals surface area contributed by atoms with E-state index in [0.29, 0.717) is 36.6 Å². The van der Waals surface area contributed by atoms with Crippen LogP contribution in [0, 0.1) is 5.92 Å². The summed E-state index contributed by atoms with van der Waals surface area (Å²) in [6, 6.07) is 21.3. The molecular formula is C33H39N3O6. The Bertz CT molecular complexity index is 1380. The maximum atomic E-state index is 13.5. The molecule has 0 unspecified atom stereocenters. The van der Waals surface area contributed by atoms with Crippen LogP contribution >= 0.6 is 0 Å². The molecule has 9 nitrogen and oxygen atoms in total. The number of aliphatic hydroxyl groups is 1. The highest BCUT2D eigenvalue weighted by molar-refractivity contribution is 5.92. The predicted molar refractivity (Wildman–Crippen MR) is 160 cm³/mol. The summed E-state index contributed by atoms with van der Waals surface area (Å²) < 4.78 is 6.58. The molecule has 3 aromatic rings. The van der Waals surface area contributed by atoms with Crippen LogP contribution < -0.4 is 10.1 Å². The van der Waals surface area contributed by atoms with Crippen molar-refractivity contribution < 1.29 is 29.3 Å². The molecule has 4 rings (SSSR count). The molecule has 1 aliphatic rings. The fourth-order valence-electron chi connectivity index (χ4n) is 5.15. The van der Waals surface area contributed by atoms with E-state index in [-0.39, 0.29) is 54.9 Å². The molecule has 0 fully saturated rings. The molecule has 2 amide bonds. The lowest BCUT2D eigenvalue weighted by atomic mass is 10.0. The first-order chi connectivity index (χ1) is 20.1. The number of nitrogens with one attached hydrogen (secondary N) is 1. The van der Waals surface area contributed by atoms with Crippen molar-refractivity contribution in [3.8, 4) is 5.75 Å². The number of aliphatic hydroxyl groups excluding tert-OH is 1. The lowest BCUT2D eigenvalue weighted by Gasteiger charge is -2.34. The Balaban J connectivity index is 1.55. The van der Waals surface area contributed by atoms with Gasteiger partial charge in [-0.2, -0.15) is 0 Å². The monoisotopic (exact) mass is 573 g/mol. The van der Waals surface area contributed by atoms with E-state index < -0.39 is 5.97 Å². The molecule has 3 aromatic carbocycles. The second-order valence-corrected chi connectivity index (χ2v) is 11.1. The number of fused-ring (bicyclic) bond motifs is 1. The van der Waals surface area contributed by atoms with Gasteiger partial charge in [-0.15, -0.1) is 0 Å². The molecule has 0 radical (unpaired) electrons. The van der Waals surface area contributed by atoms with Gasteiger partial charge in [-0.25, -0.2) is 4.79 Å². The minimum Gasteiger partial charge on any atom is -0.488 e. The normalized spacial score (nSPS) is 17.8. The standard InChI is InChI=1S/C33H39N3O6/c1-22-18-36(23(2)21-37)32(39)17-27-16-28(34-31(38)15-24-7-5-4-6-8-24)13-14-29(27)42-30(22)20-35(3)19-25-9-11-26(12-10-25)33(40)41/h4-14,16,22-23,30,37H,15,17-21H2,1-3H3,(H,34,38)(H,40,41)/t22-,23-,30-/m0/s1. The Morgan fingerprint density at radius 2 is 1.79 bits per heavy atom. The SMILES string of the molecule is C[C@H]1CN([C@@H](C)CO)C(=O)Cc2cc(NC(=O)Cc3ccccc3)ccc2O[C@H]1CN(C)Cc1ccc(C(=O)O)cc1. The third-order valence-corrected chi connectivity index (χ3v) is 7.55. The van der Waals surface area contributed by atoms with E-state index in [1.807, 2.05) is 51.2 Å². The Kier molecular flexibility index (Phi) is 10.3. The number of likely N-dealkylation sites (N-methyl/N-ethyl adjacent to an activating group) is 1. The number of carbonyl (C=O) groups excluding carboxylic acids is 2. The Morgan fingerprint density at radius 1 is 1.07 bits per heavy atom. The predicted octanol–water partition coefficient (Wildman–Crippen LogP) is 3.85. The third kappa shape index (κ3) is 8.18. The van der Waals surface area contributed by atoms with Crippen molar-refractivity contribution in [2.75, 3.05) is 32.1 Å². The van der Waals surface area contributed by atoms with Crippen LogP contribution in [-0.2, 0) is 29.0 Å². The fraction of sp³-hybridized carbons (Fsp3) is 0.364. The second-order valence-electron chi connectivity index (χ2n) is 11.1. The number of hydrogen-bond donors (Lipinski definition) is 3. The molecule has 1 heterocycles. The lowest BCUT2D eigenvalue weighted by Crippen LogP contribution is -2.47. The summed E-state index contributed by atoms with van der Waals surface area (Å²) in [7, 11) is 1.97. The number of ether oxygens (including phenoxy) is 1. The zero-order valence-electron chi connectivity index (χ0n) is 24.3. The van der Waals surface area contributed by atoms with Gasteiger partial charge in [-0.1, -0.05) is 49.4 Å². The number of aromatic carboxylic acids is 1. The van der Waals surface area contributed by atoms with Gasteiger partial charge >= 0.3 is 5.97 Å². The highest BCUT2D eigenvalue weighted by Gasteiger charge is 2.31. The quantitative estimate of drug-likeness (QED) is 0.337. The molecule has 3 atom stereocenters. The van der Waals surface area contributed by atoms with Crippen LogP contribution in [-0.4, -0.2) is 76.7 Å². The number of rotatable bonds is 10. The van der Waals surface area contributed by atoms with E-state index in [4.69, 9.17) is 4.74 Å². The van der Waals surface area contributed by atoms with Gasteiger partial charge in [-0.3, -0.25) is 14.5 Å². The van der Waals surface area contributed by atoms with Gasteiger partial charge < -0.3 is 25.2 Å². The average molecular weight is 574 g/mol. The number of anilines is 1. The topological polar surface area (TPSA) is 119 Å². The van der Waals surface area contributed by atoms with Gasteiger partial charge in [0.05, 0.1) is 31.1 Å². The molecule has 3 N–H and O–H groups in total. The first kappa shape index (κ1) is 30.7. The van der Waals surface area contributed by atoms with Gasteiger partial charge in [-0.05, 0) is 55.4 Å². The molecule has 0 bridgehead atoms. The number of hydrogen-bond acceptors (Lipinski definition) is 6. The maximum absolute atomic E-state index is 13.5. The van der Waals surface area contributed by atoms with Crippen LogP contribution in [0.1, 0.15) is 40.9 Å². The van der Waals surface area contributed by atoms with Crippen LogP contribution in [0.5, 0.6) is 5.75 Å². The summed E-state index contributed by atoms with van der Waals surface area (Å²) in [4.78, 5) is 41.2. The average Bonchev–Trinajstić information content (AvgIpc) is 3.00. The molecular weight excluding hydrogens is 534 g/mol. The van der Waals surface area contributed by atoms with Crippen molar-refractivity contribution in [1.82, 2.24) is 9.80 Å². The van der Waals surface area contributed by atoms with Crippen LogP contribution in [0.15, 0.2) is 72.8 Å². The third-order valence-electron chi connectivity index (χ3n) is 7.55. The largest absolute Gasteiger partial charge is 0.488 e. The van der Waals surface area contributed by atoms with E-state index in [0.717, 1.165) is 11.1 Å². The van der Waals surface area contributed by atoms with Crippen molar-refractivity contribution >= 4 is 23.5 Å². The Labute approximate surface area is 246 Å². The van der Waals surface area contributed by atoms with Gasteiger partial charge in [0.1, 0.15) is 11.9 Å². The number of carboxylic acids is 1. The van der Waals surface area contributed by atoms with Crippen molar-refractivity contribution in [3.63, 3.8) is 0 Å². The summed E-state index contributed by atoms with van der Waals surface area (Å²) in [5.74, 6) is -0.712. The van der Waals surface area contributed by atoms with Crippen LogP contribution in [0.2, 0.25) is 0 Å². The van der Waals surface area contributed by atoms with E-state index in [9.17, 15) is 24.6 Å². The number of nitrogens with zero attached hydrogens (tertiary/aromatic N) is 2. The van der Waals surface area contributed by atoms with Crippen LogP contribution in [0.25, 0.3) is 0 Å². The minimum absolute atomic E-state index is 0.0593. The summed E-state index contributed by atoms with van der Waals surface area (Å²) in [6.07, 6.45) is 0.0257. The first-order valence-electron chi connectivity index (χ1n) is 14.2. The highest BCUT2D eigenvalue weighted by atomic mass is 16.5. The second kappa shape index (κ2) is 14.1. The molecule has 0 spiro atoms. The summed E-state index contributed by atoms with van der Waals surface area (Å²) >= 11 is 0. The zero-order chi connectivity index (χ0) is 30.2. The van der Waals surface area contributed by atoms with Gasteiger partial charge in [0.2, 0.25) is 11.8 Å². The number of benzene rings is 3. The fourth-order valence-corrected chi connectivity index (χ4v) is 5.15. The number of amides is 2. The first-order valence-corrected chi connectivity index (χ1v) is 14.2. The molecule has 222 valence electrons. The number of carboxylic acid groups (broad SMARTS) is 1. The van der Waals surface area contributed by atoms with Crippen molar-refractivity contribution in [1.29, 1.82) is 0 Å². The molecule has 9 heteroatoms. The smallest absolute Gasteiger partial charge is 0.335 e. The Morgan fingerprint density at radius 3 is 2.45 bits per heavy atom. The van der Waals surface area contributed by atoms with E-state index in [2.05, 4.69) is 10.2 Å². The highest BCUT2D eigenvalue weighted by Crippen LogP contribution is 2.29. The van der Waals surface area contributed by atoms with Crippen LogP contribution in [0.3, 0.4) is 0 Å². The van der Waals surface area contributed by atoms with Crippen LogP contribution in [0.4, 0.5) is 5.69 Å². The van der Waals surface area contributed by atoms with Gasteiger partial charge in [0, 0.05) is 36.8 Å². The minimum atomic E-state index is -0.962. The zero-order valence-corrected chi connectivity index (χ0v) is 24.3. The number of carbonyl (C=O) groups is 3. The molecule has 0 saturated carbocycles. The Hall–Kier alpha value is -4.21. The molecule has 0 aliphatic carbocycles. The summed E-state index contributed by atoms with van der Waals surface area (Å²) in [5.41, 5.74) is 3.37. The van der Waals surface area contributed by atoms with Gasteiger partial charge in [0.15, 0.2) is 0 Å². The van der Waals surface area contributed by atoms with Crippen molar-refractivity contribution in [2.24, 2.45) is 5.92 Å². The molecule has 42 heavy (non-hydrogen) atoms.